The zero-order valence-electron chi connectivity index (χ0n) is 10.3. The van der Waals surface area contributed by atoms with E-state index in [0.717, 1.165) is 15.9 Å². The Morgan fingerprint density at radius 3 is 2.74 bits per heavy atom. The van der Waals surface area contributed by atoms with Crippen molar-refractivity contribution in [3.8, 4) is 0 Å². The van der Waals surface area contributed by atoms with Crippen molar-refractivity contribution >= 4 is 40.3 Å². The summed E-state index contributed by atoms with van der Waals surface area (Å²) in [6.07, 6.45) is 3.50. The van der Waals surface area contributed by atoms with Crippen LogP contribution in [-0.4, -0.2) is 23.7 Å². The van der Waals surface area contributed by atoms with Crippen LogP contribution < -0.4 is 10.6 Å². The van der Waals surface area contributed by atoms with Gasteiger partial charge >= 0.3 is 12.0 Å². The molecule has 2 rings (SSSR count). The molecule has 0 bridgehead atoms. The number of hydrogen-bond acceptors (Lipinski definition) is 2. The third kappa shape index (κ3) is 4.38. The Balaban J connectivity index is 1.93. The first-order valence-corrected chi connectivity index (χ1v) is 7.22. The summed E-state index contributed by atoms with van der Waals surface area (Å²) in [6, 6.07) is 4.53. The molecule has 1 fully saturated rings. The van der Waals surface area contributed by atoms with Gasteiger partial charge in [-0.05, 0) is 53.1 Å². The fourth-order valence-electron chi connectivity index (χ4n) is 1.77. The average molecular weight is 374 g/mol. The Kier molecular flexibility index (Phi) is 4.62. The molecule has 0 spiro atoms. The van der Waals surface area contributed by atoms with Crippen molar-refractivity contribution in [3.05, 3.63) is 27.3 Å². The van der Waals surface area contributed by atoms with Crippen LogP contribution in [0.15, 0.2) is 18.2 Å². The van der Waals surface area contributed by atoms with Crippen molar-refractivity contribution < 1.29 is 14.7 Å². The summed E-state index contributed by atoms with van der Waals surface area (Å²) >= 11 is 2.03. The highest BCUT2D eigenvalue weighted by atomic mass is 127. The maximum atomic E-state index is 11.7. The van der Waals surface area contributed by atoms with Crippen molar-refractivity contribution in [2.24, 2.45) is 5.92 Å². The molecule has 0 radical (unpaired) electrons. The van der Waals surface area contributed by atoms with E-state index in [2.05, 4.69) is 10.6 Å². The van der Waals surface area contributed by atoms with Crippen molar-refractivity contribution in [3.63, 3.8) is 0 Å². The summed E-state index contributed by atoms with van der Waals surface area (Å²) in [7, 11) is 0. The molecular weight excluding hydrogens is 359 g/mol. The standard InChI is InChI=1S/C13H15IN2O3/c14-9-3-4-11(10(7-9)12(17)18)16-13(19)15-6-5-8-1-2-8/h3-4,7-8H,1-2,5-6H2,(H,17,18)(H2,15,16,19). The molecule has 1 saturated carbocycles. The van der Waals surface area contributed by atoms with E-state index in [0.29, 0.717) is 12.2 Å². The predicted molar refractivity (Wildman–Crippen MR) is 80.5 cm³/mol. The molecule has 102 valence electrons. The van der Waals surface area contributed by atoms with Gasteiger partial charge in [0.2, 0.25) is 0 Å². The minimum Gasteiger partial charge on any atom is -0.478 e. The molecule has 19 heavy (non-hydrogen) atoms. The van der Waals surface area contributed by atoms with Crippen molar-refractivity contribution in [1.29, 1.82) is 0 Å². The normalized spacial score (nSPS) is 13.9. The lowest BCUT2D eigenvalue weighted by Crippen LogP contribution is -2.30. The van der Waals surface area contributed by atoms with Gasteiger partial charge in [-0.1, -0.05) is 12.8 Å². The van der Waals surface area contributed by atoms with E-state index in [1.54, 1.807) is 12.1 Å². The van der Waals surface area contributed by atoms with E-state index >= 15 is 0 Å². The zero-order valence-corrected chi connectivity index (χ0v) is 12.4. The van der Waals surface area contributed by atoms with Gasteiger partial charge in [0.15, 0.2) is 0 Å². The number of hydrogen-bond donors (Lipinski definition) is 3. The number of carboxylic acid groups (broad SMARTS) is 1. The van der Waals surface area contributed by atoms with E-state index in [1.165, 1.54) is 18.9 Å². The highest BCUT2D eigenvalue weighted by molar-refractivity contribution is 14.1. The van der Waals surface area contributed by atoms with Crippen molar-refractivity contribution in [2.45, 2.75) is 19.3 Å². The van der Waals surface area contributed by atoms with Gasteiger partial charge in [0.1, 0.15) is 0 Å². The Morgan fingerprint density at radius 1 is 1.37 bits per heavy atom. The molecule has 0 unspecified atom stereocenters. The van der Waals surface area contributed by atoms with Crippen LogP contribution in [0.2, 0.25) is 0 Å². The van der Waals surface area contributed by atoms with Crippen LogP contribution in [0, 0.1) is 9.49 Å². The number of anilines is 1. The van der Waals surface area contributed by atoms with Crippen LogP contribution in [-0.2, 0) is 0 Å². The third-order valence-electron chi connectivity index (χ3n) is 3.00. The van der Waals surface area contributed by atoms with Crippen molar-refractivity contribution in [2.75, 3.05) is 11.9 Å². The molecule has 0 aliphatic heterocycles. The van der Waals surface area contributed by atoms with E-state index < -0.39 is 5.97 Å². The van der Waals surface area contributed by atoms with Crippen LogP contribution >= 0.6 is 22.6 Å². The average Bonchev–Trinajstić information content (AvgIpc) is 3.15. The summed E-state index contributed by atoms with van der Waals surface area (Å²) in [6.45, 7) is 0.628. The van der Waals surface area contributed by atoms with Gasteiger partial charge in [0, 0.05) is 10.1 Å². The van der Waals surface area contributed by atoms with Crippen LogP contribution in [0.25, 0.3) is 0 Å². The fourth-order valence-corrected chi connectivity index (χ4v) is 2.26. The maximum absolute atomic E-state index is 11.7. The largest absolute Gasteiger partial charge is 0.478 e. The second-order valence-corrected chi connectivity index (χ2v) is 5.85. The van der Waals surface area contributed by atoms with Crippen LogP contribution in [0.4, 0.5) is 10.5 Å². The molecule has 2 amide bonds. The number of carboxylic acids is 1. The topological polar surface area (TPSA) is 78.4 Å². The number of carbonyl (C=O) groups excluding carboxylic acids is 1. The van der Waals surface area contributed by atoms with E-state index in [9.17, 15) is 9.59 Å². The lowest BCUT2D eigenvalue weighted by atomic mass is 10.2. The first-order valence-electron chi connectivity index (χ1n) is 6.14. The monoisotopic (exact) mass is 374 g/mol. The molecule has 6 heteroatoms. The first kappa shape index (κ1) is 14.1. The van der Waals surface area contributed by atoms with E-state index in [4.69, 9.17) is 5.11 Å². The van der Waals surface area contributed by atoms with Crippen LogP contribution in [0.3, 0.4) is 0 Å². The highest BCUT2D eigenvalue weighted by Crippen LogP contribution is 2.31. The number of aromatic carboxylic acids is 1. The summed E-state index contributed by atoms with van der Waals surface area (Å²) in [5, 5.41) is 14.4. The Morgan fingerprint density at radius 2 is 2.11 bits per heavy atom. The van der Waals surface area contributed by atoms with Gasteiger partial charge in [-0.25, -0.2) is 9.59 Å². The molecule has 1 aliphatic carbocycles. The lowest BCUT2D eigenvalue weighted by molar-refractivity contribution is 0.0698. The molecule has 1 aromatic carbocycles. The molecule has 0 aromatic heterocycles. The summed E-state index contributed by atoms with van der Waals surface area (Å²) in [5.74, 6) is -0.292. The van der Waals surface area contributed by atoms with E-state index in [1.807, 2.05) is 22.6 Å². The molecule has 5 nitrogen and oxygen atoms in total. The molecule has 0 saturated heterocycles. The van der Waals surface area contributed by atoms with Crippen molar-refractivity contribution in [1.82, 2.24) is 5.32 Å². The number of amides is 2. The molecule has 0 atom stereocenters. The fraction of sp³-hybridized carbons (Fsp3) is 0.385. The van der Waals surface area contributed by atoms with Crippen LogP contribution in [0.1, 0.15) is 29.6 Å². The second-order valence-electron chi connectivity index (χ2n) is 4.61. The number of rotatable bonds is 5. The number of nitrogens with one attached hydrogen (secondary N) is 2. The number of halogens is 1. The van der Waals surface area contributed by atoms with Crippen LogP contribution in [0.5, 0.6) is 0 Å². The minimum atomic E-state index is -1.05. The van der Waals surface area contributed by atoms with Gasteiger partial charge in [-0.15, -0.1) is 0 Å². The molecule has 0 heterocycles. The molecule has 1 aromatic rings. The smallest absolute Gasteiger partial charge is 0.337 e. The van der Waals surface area contributed by atoms with E-state index in [-0.39, 0.29) is 11.6 Å². The summed E-state index contributed by atoms with van der Waals surface area (Å²) < 4.78 is 0.815. The first-order chi connectivity index (χ1) is 9.06. The third-order valence-corrected chi connectivity index (χ3v) is 3.67. The minimum absolute atomic E-state index is 0.101. The van der Waals surface area contributed by atoms with Gasteiger partial charge in [0.25, 0.3) is 0 Å². The maximum Gasteiger partial charge on any atom is 0.337 e. The second kappa shape index (κ2) is 6.23. The highest BCUT2D eigenvalue weighted by Gasteiger charge is 2.20. The molecule has 3 N–H and O–H groups in total. The Bertz CT molecular complexity index is 501. The van der Waals surface area contributed by atoms with Gasteiger partial charge in [-0.2, -0.15) is 0 Å². The number of benzene rings is 1. The zero-order chi connectivity index (χ0) is 13.8. The number of carbonyl (C=O) groups is 2. The van der Waals surface area contributed by atoms with Gasteiger partial charge in [-0.3, -0.25) is 0 Å². The SMILES string of the molecule is O=C(NCCC1CC1)Nc1ccc(I)cc1C(=O)O. The van der Waals surface area contributed by atoms with Gasteiger partial charge < -0.3 is 15.7 Å². The number of urea groups is 1. The molecule has 1 aliphatic rings. The Hall–Kier alpha value is -1.31. The summed E-state index contributed by atoms with van der Waals surface area (Å²) in [5.41, 5.74) is 0.418. The quantitative estimate of drug-likeness (QED) is 0.694. The lowest BCUT2D eigenvalue weighted by Gasteiger charge is -2.10. The predicted octanol–water partition coefficient (Wildman–Crippen LogP) is 2.91. The summed E-state index contributed by atoms with van der Waals surface area (Å²) in [4.78, 5) is 22.7. The van der Waals surface area contributed by atoms with Gasteiger partial charge in [0.05, 0.1) is 11.3 Å². The molecular formula is C13H15IN2O3. The Labute approximate surface area is 124 Å².